The summed E-state index contributed by atoms with van der Waals surface area (Å²) in [7, 11) is 0. The van der Waals surface area contributed by atoms with Crippen molar-refractivity contribution in [2.24, 2.45) is 5.92 Å². The number of hydrogen-bond acceptors (Lipinski definition) is 6. The van der Waals surface area contributed by atoms with Crippen molar-refractivity contribution in [3.8, 4) is 0 Å². The van der Waals surface area contributed by atoms with Gasteiger partial charge in [-0.3, -0.25) is 9.69 Å². The fourth-order valence-corrected chi connectivity index (χ4v) is 4.91. The first-order valence-corrected chi connectivity index (χ1v) is 12.1. The number of nitrogens with zero attached hydrogens (tertiary/aromatic N) is 7. The lowest BCUT2D eigenvalue weighted by Crippen LogP contribution is -2.51. The van der Waals surface area contributed by atoms with E-state index in [2.05, 4.69) is 69.1 Å². The molecule has 0 atom stereocenters. The predicted molar refractivity (Wildman–Crippen MR) is 128 cm³/mol. The zero-order chi connectivity index (χ0) is 22.8. The Kier molecular flexibility index (Phi) is 6.26. The molecule has 0 saturated carbocycles. The fourth-order valence-electron chi connectivity index (χ4n) is 4.91. The van der Waals surface area contributed by atoms with Crippen molar-refractivity contribution in [1.29, 1.82) is 0 Å². The first-order chi connectivity index (χ1) is 16.1. The van der Waals surface area contributed by atoms with Crippen LogP contribution in [0.3, 0.4) is 0 Å². The van der Waals surface area contributed by atoms with Gasteiger partial charge in [0.05, 0.1) is 0 Å². The summed E-state index contributed by atoms with van der Waals surface area (Å²) in [6.07, 6.45) is 1.75. The van der Waals surface area contributed by atoms with Crippen LogP contribution in [0.4, 0.5) is 5.82 Å². The van der Waals surface area contributed by atoms with Crippen LogP contribution < -0.4 is 4.90 Å². The Hall–Kier alpha value is -3.00. The highest BCUT2D eigenvalue weighted by atomic mass is 16.2. The Morgan fingerprint density at radius 1 is 0.939 bits per heavy atom. The van der Waals surface area contributed by atoms with Crippen LogP contribution in [-0.2, 0) is 11.3 Å². The fraction of sp³-hybridized carbons (Fsp3) is 0.520. The van der Waals surface area contributed by atoms with Crippen molar-refractivity contribution in [3.63, 3.8) is 0 Å². The third kappa shape index (κ3) is 4.71. The summed E-state index contributed by atoms with van der Waals surface area (Å²) in [5.41, 5.74) is 2.11. The number of anilines is 1. The number of piperidine rings is 1. The van der Waals surface area contributed by atoms with E-state index < -0.39 is 0 Å². The molecule has 0 unspecified atom stereocenters. The van der Waals surface area contributed by atoms with Crippen LogP contribution in [0.15, 0.2) is 42.5 Å². The Labute approximate surface area is 195 Å². The molecule has 3 aromatic rings. The van der Waals surface area contributed by atoms with Gasteiger partial charge in [-0.05, 0) is 30.5 Å². The minimum atomic E-state index is 0.117. The second-order valence-corrected chi connectivity index (χ2v) is 9.52. The Morgan fingerprint density at radius 2 is 1.67 bits per heavy atom. The van der Waals surface area contributed by atoms with Gasteiger partial charge in [0.2, 0.25) is 5.91 Å². The molecule has 5 rings (SSSR count). The van der Waals surface area contributed by atoms with Crippen LogP contribution in [0, 0.1) is 5.92 Å². The van der Waals surface area contributed by atoms with E-state index in [1.165, 1.54) is 5.56 Å². The molecule has 1 amide bonds. The number of benzene rings is 1. The summed E-state index contributed by atoms with van der Waals surface area (Å²) in [5.74, 6) is 2.53. The maximum atomic E-state index is 13.2. The van der Waals surface area contributed by atoms with E-state index in [0.29, 0.717) is 5.91 Å². The lowest BCUT2D eigenvalue weighted by atomic mass is 9.95. The number of fused-ring (bicyclic) bond motifs is 1. The molecule has 8 nitrogen and oxygen atoms in total. The van der Waals surface area contributed by atoms with Crippen LogP contribution in [0.2, 0.25) is 0 Å². The summed E-state index contributed by atoms with van der Waals surface area (Å²) in [6.45, 7) is 10.4. The molecule has 174 valence electrons. The lowest BCUT2D eigenvalue weighted by Gasteiger charge is -2.38. The Morgan fingerprint density at radius 3 is 2.36 bits per heavy atom. The second-order valence-electron chi connectivity index (χ2n) is 9.52. The van der Waals surface area contributed by atoms with Gasteiger partial charge in [-0.25, -0.2) is 0 Å². The molecule has 0 N–H and O–H groups in total. The zero-order valence-electron chi connectivity index (χ0n) is 19.6. The van der Waals surface area contributed by atoms with E-state index in [-0.39, 0.29) is 11.8 Å². The van der Waals surface area contributed by atoms with Gasteiger partial charge in [0.1, 0.15) is 5.82 Å². The average molecular weight is 448 g/mol. The molecule has 33 heavy (non-hydrogen) atoms. The number of carbonyl (C=O) groups excluding carboxylic acids is 1. The highest BCUT2D eigenvalue weighted by Crippen LogP contribution is 2.25. The van der Waals surface area contributed by atoms with E-state index in [1.54, 1.807) is 0 Å². The van der Waals surface area contributed by atoms with Crippen molar-refractivity contribution < 1.29 is 4.79 Å². The maximum Gasteiger partial charge on any atom is 0.225 e. The number of amides is 1. The minimum absolute atomic E-state index is 0.117. The van der Waals surface area contributed by atoms with Gasteiger partial charge in [-0.2, -0.15) is 4.52 Å². The molecule has 2 saturated heterocycles. The normalized spacial score (nSPS) is 18.4. The number of rotatable bonds is 5. The van der Waals surface area contributed by atoms with Gasteiger partial charge in [0.15, 0.2) is 11.5 Å². The van der Waals surface area contributed by atoms with Gasteiger partial charge in [0, 0.05) is 57.6 Å². The van der Waals surface area contributed by atoms with E-state index in [0.717, 1.165) is 75.9 Å². The SMILES string of the molecule is CC(C)c1nnc2ccc(N3CCC(C(=O)N4CCN(Cc5ccccc5)CC4)CC3)nn12. The van der Waals surface area contributed by atoms with Crippen molar-refractivity contribution in [3.05, 3.63) is 53.9 Å². The number of hydrogen-bond donors (Lipinski definition) is 0. The topological polar surface area (TPSA) is 69.9 Å². The van der Waals surface area contributed by atoms with E-state index >= 15 is 0 Å². The van der Waals surface area contributed by atoms with Gasteiger partial charge in [0.25, 0.3) is 0 Å². The Balaban J connectivity index is 1.14. The van der Waals surface area contributed by atoms with Gasteiger partial charge < -0.3 is 9.80 Å². The number of piperazine rings is 1. The monoisotopic (exact) mass is 447 g/mol. The van der Waals surface area contributed by atoms with E-state index in [1.807, 2.05) is 16.6 Å². The van der Waals surface area contributed by atoms with Crippen molar-refractivity contribution >= 4 is 17.4 Å². The number of carbonyl (C=O) groups is 1. The molecule has 2 aliphatic rings. The third-order valence-corrected chi connectivity index (χ3v) is 6.89. The molecule has 8 heteroatoms. The maximum absolute atomic E-state index is 13.2. The summed E-state index contributed by atoms with van der Waals surface area (Å²) < 4.78 is 1.85. The molecular formula is C25H33N7O. The molecule has 4 heterocycles. The van der Waals surface area contributed by atoms with Crippen molar-refractivity contribution in [1.82, 2.24) is 29.6 Å². The highest BCUT2D eigenvalue weighted by molar-refractivity contribution is 5.79. The van der Waals surface area contributed by atoms with Gasteiger partial charge in [-0.15, -0.1) is 15.3 Å². The third-order valence-electron chi connectivity index (χ3n) is 6.89. The predicted octanol–water partition coefficient (Wildman–Crippen LogP) is 2.81. The summed E-state index contributed by atoms with van der Waals surface area (Å²) >= 11 is 0. The zero-order valence-corrected chi connectivity index (χ0v) is 19.6. The molecule has 2 aliphatic heterocycles. The first-order valence-electron chi connectivity index (χ1n) is 12.1. The molecule has 0 bridgehead atoms. The van der Waals surface area contributed by atoms with Crippen LogP contribution in [0.1, 0.15) is 44.0 Å². The first kappa shape index (κ1) is 21.8. The standard InChI is InChI=1S/C25H33N7O/c1-19(2)24-27-26-22-8-9-23(28-32(22)24)30-12-10-21(11-13-30)25(33)31-16-14-29(15-17-31)18-20-6-4-3-5-7-20/h3-9,19,21H,10-18H2,1-2H3. The lowest BCUT2D eigenvalue weighted by molar-refractivity contribution is -0.138. The average Bonchev–Trinajstić information content (AvgIpc) is 3.29. The molecule has 0 radical (unpaired) electrons. The van der Waals surface area contributed by atoms with Crippen LogP contribution in [0.5, 0.6) is 0 Å². The highest BCUT2D eigenvalue weighted by Gasteiger charge is 2.31. The molecule has 0 aliphatic carbocycles. The van der Waals surface area contributed by atoms with Crippen molar-refractivity contribution in [2.45, 2.75) is 39.2 Å². The van der Waals surface area contributed by atoms with Gasteiger partial charge >= 0.3 is 0 Å². The van der Waals surface area contributed by atoms with E-state index in [9.17, 15) is 4.79 Å². The Bertz CT molecular complexity index is 1080. The second kappa shape index (κ2) is 9.47. The minimum Gasteiger partial charge on any atom is -0.355 e. The summed E-state index contributed by atoms with van der Waals surface area (Å²) in [5, 5.41) is 13.3. The molecule has 2 fully saturated rings. The molecular weight excluding hydrogens is 414 g/mol. The van der Waals surface area contributed by atoms with Crippen LogP contribution in [-0.4, -0.2) is 74.8 Å². The quantitative estimate of drug-likeness (QED) is 0.599. The van der Waals surface area contributed by atoms with Crippen molar-refractivity contribution in [2.75, 3.05) is 44.2 Å². The summed E-state index contributed by atoms with van der Waals surface area (Å²) in [4.78, 5) is 20.0. The molecule has 1 aromatic carbocycles. The van der Waals surface area contributed by atoms with Crippen LogP contribution in [0.25, 0.3) is 5.65 Å². The molecule has 2 aromatic heterocycles. The molecule has 0 spiro atoms. The number of aromatic nitrogens is 4. The van der Waals surface area contributed by atoms with Gasteiger partial charge in [-0.1, -0.05) is 44.2 Å². The largest absolute Gasteiger partial charge is 0.355 e. The smallest absolute Gasteiger partial charge is 0.225 e. The van der Waals surface area contributed by atoms with E-state index in [4.69, 9.17) is 5.10 Å². The van der Waals surface area contributed by atoms with Crippen LogP contribution >= 0.6 is 0 Å². The summed E-state index contributed by atoms with van der Waals surface area (Å²) in [6, 6.07) is 14.6.